The minimum absolute atomic E-state index is 0.0635. The molecule has 0 aromatic carbocycles. The number of hydrogen-bond donors (Lipinski definition) is 2. The highest BCUT2D eigenvalue weighted by molar-refractivity contribution is 8.00. The lowest BCUT2D eigenvalue weighted by Crippen LogP contribution is -2.31. The van der Waals surface area contributed by atoms with Gasteiger partial charge in [0, 0.05) is 18.4 Å². The van der Waals surface area contributed by atoms with Crippen molar-refractivity contribution in [3.8, 4) is 0 Å². The van der Waals surface area contributed by atoms with Gasteiger partial charge in [-0.2, -0.15) is 11.8 Å². The Labute approximate surface area is 95.9 Å². The van der Waals surface area contributed by atoms with E-state index in [9.17, 15) is 8.42 Å². The van der Waals surface area contributed by atoms with Gasteiger partial charge in [-0.05, 0) is 31.4 Å². The van der Waals surface area contributed by atoms with Crippen LogP contribution in [-0.2, 0) is 10.0 Å². The van der Waals surface area contributed by atoms with Crippen molar-refractivity contribution in [2.45, 2.75) is 30.9 Å². The average Bonchev–Trinajstić information content (AvgIpc) is 2.68. The average molecular weight is 253 g/mol. The van der Waals surface area contributed by atoms with Crippen LogP contribution in [0.5, 0.6) is 0 Å². The smallest absolute Gasteiger partial charge is 0.211 e. The van der Waals surface area contributed by atoms with Gasteiger partial charge in [0.1, 0.15) is 0 Å². The molecule has 15 heavy (non-hydrogen) atoms. The Bertz CT molecular complexity index is 261. The quantitative estimate of drug-likeness (QED) is 0.651. The number of rotatable bonds is 7. The van der Waals surface area contributed by atoms with Gasteiger partial charge in [-0.3, -0.25) is 0 Å². The van der Waals surface area contributed by atoms with Crippen molar-refractivity contribution in [1.29, 1.82) is 0 Å². The molecular formula is C9H19NO3S2. The topological polar surface area (TPSA) is 66.4 Å². The first kappa shape index (κ1) is 13.3. The van der Waals surface area contributed by atoms with Crippen molar-refractivity contribution in [2.75, 3.05) is 24.7 Å². The lowest BCUT2D eigenvalue weighted by atomic mass is 10.2. The molecule has 1 saturated heterocycles. The lowest BCUT2D eigenvalue weighted by molar-refractivity contribution is 0.287. The fourth-order valence-corrected chi connectivity index (χ4v) is 3.99. The number of unbranched alkanes of at least 4 members (excludes halogenated alkanes) is 1. The Morgan fingerprint density at radius 3 is 2.80 bits per heavy atom. The van der Waals surface area contributed by atoms with Crippen LogP contribution in [0.15, 0.2) is 0 Å². The van der Waals surface area contributed by atoms with Gasteiger partial charge in [0.25, 0.3) is 0 Å². The van der Waals surface area contributed by atoms with E-state index < -0.39 is 10.0 Å². The van der Waals surface area contributed by atoms with Gasteiger partial charge in [-0.1, -0.05) is 0 Å². The second-order valence-corrected chi connectivity index (χ2v) is 7.07. The van der Waals surface area contributed by atoms with Crippen LogP contribution in [-0.4, -0.2) is 43.4 Å². The lowest BCUT2D eigenvalue weighted by Gasteiger charge is -2.10. The fourth-order valence-electron chi connectivity index (χ4n) is 1.50. The summed E-state index contributed by atoms with van der Waals surface area (Å²) in [6.07, 6.45) is 3.40. The molecule has 1 atom stereocenters. The second kappa shape index (κ2) is 6.73. The zero-order valence-corrected chi connectivity index (χ0v) is 10.4. The van der Waals surface area contributed by atoms with Gasteiger partial charge < -0.3 is 5.11 Å². The zero-order valence-electron chi connectivity index (χ0n) is 8.81. The molecule has 0 aromatic heterocycles. The number of sulfonamides is 1. The molecule has 0 aromatic rings. The Morgan fingerprint density at radius 1 is 1.40 bits per heavy atom. The Kier molecular flexibility index (Phi) is 5.96. The van der Waals surface area contributed by atoms with Gasteiger partial charge in [-0.15, -0.1) is 0 Å². The van der Waals surface area contributed by atoms with Crippen LogP contribution in [0.2, 0.25) is 0 Å². The summed E-state index contributed by atoms with van der Waals surface area (Å²) in [6.45, 7) is 0.625. The number of thioether (sulfide) groups is 1. The molecule has 1 fully saturated rings. The Balaban J connectivity index is 2.17. The summed E-state index contributed by atoms with van der Waals surface area (Å²) >= 11 is 1.84. The molecule has 90 valence electrons. The van der Waals surface area contributed by atoms with Crippen LogP contribution < -0.4 is 4.72 Å². The molecule has 1 rings (SSSR count). The van der Waals surface area contributed by atoms with Crippen LogP contribution >= 0.6 is 11.8 Å². The largest absolute Gasteiger partial charge is 0.396 e. The molecule has 1 aliphatic heterocycles. The third-order valence-electron chi connectivity index (χ3n) is 2.38. The predicted molar refractivity (Wildman–Crippen MR) is 63.6 cm³/mol. The molecule has 0 spiro atoms. The molecule has 0 radical (unpaired) electrons. The molecule has 0 aliphatic carbocycles. The van der Waals surface area contributed by atoms with Crippen molar-refractivity contribution in [1.82, 2.24) is 4.72 Å². The SMILES string of the molecule is O=S(=O)(CCCCO)NCC1CCCS1. The van der Waals surface area contributed by atoms with Crippen molar-refractivity contribution in [3.63, 3.8) is 0 Å². The zero-order chi connectivity index (χ0) is 11.1. The Morgan fingerprint density at radius 2 is 2.20 bits per heavy atom. The molecule has 2 N–H and O–H groups in total. The van der Waals surface area contributed by atoms with E-state index in [1.165, 1.54) is 6.42 Å². The van der Waals surface area contributed by atoms with E-state index in [0.717, 1.165) is 12.2 Å². The highest BCUT2D eigenvalue weighted by Gasteiger charge is 2.18. The van der Waals surface area contributed by atoms with E-state index in [1.54, 1.807) is 0 Å². The van der Waals surface area contributed by atoms with E-state index in [4.69, 9.17) is 5.11 Å². The molecular weight excluding hydrogens is 234 g/mol. The highest BCUT2D eigenvalue weighted by Crippen LogP contribution is 2.25. The number of nitrogens with one attached hydrogen (secondary N) is 1. The van der Waals surface area contributed by atoms with Crippen LogP contribution in [0.3, 0.4) is 0 Å². The first-order chi connectivity index (χ1) is 7.14. The van der Waals surface area contributed by atoms with Crippen LogP contribution in [0.1, 0.15) is 25.7 Å². The van der Waals surface area contributed by atoms with E-state index in [0.29, 0.717) is 24.6 Å². The van der Waals surface area contributed by atoms with E-state index in [2.05, 4.69) is 4.72 Å². The number of aliphatic hydroxyl groups excluding tert-OH is 1. The monoisotopic (exact) mass is 253 g/mol. The molecule has 0 saturated carbocycles. The molecule has 1 unspecified atom stereocenters. The van der Waals surface area contributed by atoms with E-state index in [-0.39, 0.29) is 12.4 Å². The summed E-state index contributed by atoms with van der Waals surface area (Å²) in [5.74, 6) is 1.28. The third kappa shape index (κ3) is 5.75. The molecule has 1 heterocycles. The van der Waals surface area contributed by atoms with Gasteiger partial charge in [0.2, 0.25) is 10.0 Å². The molecule has 0 bridgehead atoms. The van der Waals surface area contributed by atoms with Crippen LogP contribution in [0.4, 0.5) is 0 Å². The molecule has 1 aliphatic rings. The molecule has 6 heteroatoms. The summed E-state index contributed by atoms with van der Waals surface area (Å²) in [5.41, 5.74) is 0. The summed E-state index contributed by atoms with van der Waals surface area (Å²) in [7, 11) is -3.12. The van der Waals surface area contributed by atoms with Gasteiger partial charge in [0.05, 0.1) is 5.75 Å². The standard InChI is InChI=1S/C9H19NO3S2/c11-5-1-2-7-15(12,13)10-8-9-4-3-6-14-9/h9-11H,1-8H2. The maximum Gasteiger partial charge on any atom is 0.211 e. The van der Waals surface area contributed by atoms with Crippen molar-refractivity contribution in [2.24, 2.45) is 0 Å². The normalized spacial score (nSPS) is 22.1. The van der Waals surface area contributed by atoms with Crippen LogP contribution in [0, 0.1) is 0 Å². The van der Waals surface area contributed by atoms with Gasteiger partial charge in [-0.25, -0.2) is 13.1 Å². The maximum atomic E-state index is 11.5. The van der Waals surface area contributed by atoms with Gasteiger partial charge >= 0.3 is 0 Å². The minimum Gasteiger partial charge on any atom is -0.396 e. The van der Waals surface area contributed by atoms with Crippen molar-refractivity contribution >= 4 is 21.8 Å². The third-order valence-corrected chi connectivity index (χ3v) is 5.21. The summed E-state index contributed by atoms with van der Waals surface area (Å²) in [6, 6.07) is 0. The second-order valence-electron chi connectivity index (χ2n) is 3.73. The highest BCUT2D eigenvalue weighted by atomic mass is 32.2. The van der Waals surface area contributed by atoms with Crippen molar-refractivity contribution in [3.05, 3.63) is 0 Å². The molecule has 4 nitrogen and oxygen atoms in total. The number of aliphatic hydroxyl groups is 1. The van der Waals surface area contributed by atoms with E-state index >= 15 is 0 Å². The van der Waals surface area contributed by atoms with Crippen LogP contribution in [0.25, 0.3) is 0 Å². The number of hydrogen-bond acceptors (Lipinski definition) is 4. The first-order valence-electron chi connectivity index (χ1n) is 5.34. The summed E-state index contributed by atoms with van der Waals surface area (Å²) in [4.78, 5) is 0. The van der Waals surface area contributed by atoms with Gasteiger partial charge in [0.15, 0.2) is 0 Å². The predicted octanol–water partition coefficient (Wildman–Crippen LogP) is 0.574. The molecule has 0 amide bonds. The van der Waals surface area contributed by atoms with E-state index in [1.807, 2.05) is 11.8 Å². The first-order valence-corrected chi connectivity index (χ1v) is 8.04. The van der Waals surface area contributed by atoms with Crippen molar-refractivity contribution < 1.29 is 13.5 Å². The Hall–Kier alpha value is 0.220. The summed E-state index contributed by atoms with van der Waals surface area (Å²) in [5, 5.41) is 9.00. The fraction of sp³-hybridized carbons (Fsp3) is 1.00. The summed E-state index contributed by atoms with van der Waals surface area (Å²) < 4.78 is 25.5. The maximum absolute atomic E-state index is 11.5. The minimum atomic E-state index is -3.12.